The maximum atomic E-state index is 11.2. The highest BCUT2D eigenvalue weighted by Crippen LogP contribution is 2.10. The molecule has 1 atom stereocenters. The second kappa shape index (κ2) is 4.78. The molecule has 5 nitrogen and oxygen atoms in total. The molecule has 2 amide bonds. The first-order valence-electron chi connectivity index (χ1n) is 5.36. The molecule has 1 aliphatic heterocycles. The average molecular weight is 231 g/mol. The average Bonchev–Trinajstić information content (AvgIpc) is 2.29. The van der Waals surface area contributed by atoms with E-state index >= 15 is 0 Å². The summed E-state index contributed by atoms with van der Waals surface area (Å²) in [6, 6.07) is 8.73. The summed E-state index contributed by atoms with van der Waals surface area (Å²) in [4.78, 5) is 22.4. The molecule has 0 saturated heterocycles. The summed E-state index contributed by atoms with van der Waals surface area (Å²) in [5.41, 5.74) is 3.94. The van der Waals surface area contributed by atoms with Crippen LogP contribution in [-0.4, -0.2) is 23.6 Å². The van der Waals surface area contributed by atoms with Gasteiger partial charge in [-0.2, -0.15) is 5.10 Å². The van der Waals surface area contributed by atoms with Gasteiger partial charge in [-0.3, -0.25) is 4.79 Å². The van der Waals surface area contributed by atoms with E-state index < -0.39 is 0 Å². The van der Waals surface area contributed by atoms with Crippen LogP contribution in [0.25, 0.3) is 0 Å². The summed E-state index contributed by atoms with van der Waals surface area (Å²) < 4.78 is 0. The van der Waals surface area contributed by atoms with Crippen LogP contribution in [0, 0.1) is 0 Å². The van der Waals surface area contributed by atoms with E-state index in [1.807, 2.05) is 30.3 Å². The fourth-order valence-electron chi connectivity index (χ4n) is 1.76. The molecule has 0 radical (unpaired) electrons. The SMILES string of the molecule is CC(=O)CC1NC(=O)NN=C1c1ccccc1. The summed E-state index contributed by atoms with van der Waals surface area (Å²) in [6.07, 6.45) is 0.251. The molecule has 0 spiro atoms. The predicted octanol–water partition coefficient (Wildman–Crippen LogP) is 1.05. The number of urea groups is 1. The maximum absolute atomic E-state index is 11.2. The van der Waals surface area contributed by atoms with Gasteiger partial charge in [0.2, 0.25) is 0 Å². The lowest BCUT2D eigenvalue weighted by molar-refractivity contribution is -0.117. The van der Waals surface area contributed by atoms with Crippen LogP contribution in [0.3, 0.4) is 0 Å². The Morgan fingerprint density at radius 3 is 2.71 bits per heavy atom. The second-order valence-corrected chi connectivity index (χ2v) is 3.91. The summed E-state index contributed by atoms with van der Waals surface area (Å²) in [5.74, 6) is 0.0147. The first kappa shape index (κ1) is 11.3. The molecule has 17 heavy (non-hydrogen) atoms. The van der Waals surface area contributed by atoms with E-state index in [1.54, 1.807) is 0 Å². The normalized spacial score (nSPS) is 19.0. The predicted molar refractivity (Wildman–Crippen MR) is 63.7 cm³/mol. The number of nitrogens with one attached hydrogen (secondary N) is 2. The summed E-state index contributed by atoms with van der Waals surface area (Å²) in [7, 11) is 0. The van der Waals surface area contributed by atoms with Gasteiger partial charge in [0.05, 0.1) is 11.8 Å². The zero-order chi connectivity index (χ0) is 12.3. The smallest absolute Gasteiger partial charge is 0.328 e. The lowest BCUT2D eigenvalue weighted by Crippen LogP contribution is -2.50. The minimum Gasteiger partial charge on any atom is -0.328 e. The maximum Gasteiger partial charge on any atom is 0.335 e. The van der Waals surface area contributed by atoms with E-state index in [0.29, 0.717) is 5.71 Å². The van der Waals surface area contributed by atoms with Crippen LogP contribution < -0.4 is 10.7 Å². The zero-order valence-corrected chi connectivity index (χ0v) is 9.43. The summed E-state index contributed by atoms with van der Waals surface area (Å²) in [6.45, 7) is 1.50. The Hall–Kier alpha value is -2.17. The highest BCUT2D eigenvalue weighted by Gasteiger charge is 2.25. The lowest BCUT2D eigenvalue weighted by Gasteiger charge is -2.23. The van der Waals surface area contributed by atoms with Crippen molar-refractivity contribution in [3.05, 3.63) is 35.9 Å². The van der Waals surface area contributed by atoms with E-state index in [9.17, 15) is 9.59 Å². The first-order chi connectivity index (χ1) is 8.16. The third-order valence-electron chi connectivity index (χ3n) is 2.47. The molecule has 1 aromatic rings. The standard InChI is InChI=1S/C12H13N3O2/c1-8(16)7-10-11(14-15-12(17)13-10)9-5-3-2-4-6-9/h2-6,10H,7H2,1H3,(H2,13,15,17). The number of Topliss-reactive ketones (excluding diaryl/α,β-unsaturated/α-hetero) is 1. The molecule has 0 aliphatic carbocycles. The minimum atomic E-state index is -0.379. The number of nitrogens with zero attached hydrogens (tertiary/aromatic N) is 1. The van der Waals surface area contributed by atoms with E-state index in [4.69, 9.17) is 0 Å². The molecule has 1 aliphatic rings. The van der Waals surface area contributed by atoms with Crippen molar-refractivity contribution in [1.29, 1.82) is 0 Å². The first-order valence-corrected chi connectivity index (χ1v) is 5.36. The van der Waals surface area contributed by atoms with Gasteiger partial charge >= 0.3 is 6.03 Å². The van der Waals surface area contributed by atoms with Gasteiger partial charge in [0.15, 0.2) is 0 Å². The van der Waals surface area contributed by atoms with Gasteiger partial charge in [-0.15, -0.1) is 0 Å². The molecule has 1 aromatic carbocycles. The number of carbonyl (C=O) groups is 2. The van der Waals surface area contributed by atoms with Gasteiger partial charge in [-0.25, -0.2) is 10.2 Å². The molecule has 1 unspecified atom stereocenters. The molecule has 0 fully saturated rings. The van der Waals surface area contributed by atoms with Crippen molar-refractivity contribution in [3.8, 4) is 0 Å². The molecule has 1 heterocycles. The van der Waals surface area contributed by atoms with Crippen LogP contribution in [-0.2, 0) is 4.79 Å². The van der Waals surface area contributed by atoms with Crippen molar-refractivity contribution >= 4 is 17.5 Å². The van der Waals surface area contributed by atoms with Crippen molar-refractivity contribution in [2.75, 3.05) is 0 Å². The van der Waals surface area contributed by atoms with Crippen molar-refractivity contribution < 1.29 is 9.59 Å². The molecule has 88 valence electrons. The lowest BCUT2D eigenvalue weighted by atomic mass is 9.99. The topological polar surface area (TPSA) is 70.6 Å². The number of hydrazone groups is 1. The highest BCUT2D eigenvalue weighted by atomic mass is 16.2. The number of ketones is 1. The van der Waals surface area contributed by atoms with Gasteiger partial charge in [0.25, 0.3) is 0 Å². The van der Waals surface area contributed by atoms with Crippen LogP contribution in [0.15, 0.2) is 35.4 Å². The van der Waals surface area contributed by atoms with Gasteiger partial charge in [0.1, 0.15) is 5.78 Å². The highest BCUT2D eigenvalue weighted by molar-refractivity contribution is 6.09. The van der Waals surface area contributed by atoms with E-state index in [-0.39, 0.29) is 24.3 Å². The molecule has 0 saturated carbocycles. The van der Waals surface area contributed by atoms with Crippen molar-refractivity contribution in [2.45, 2.75) is 19.4 Å². The van der Waals surface area contributed by atoms with Gasteiger partial charge in [0, 0.05) is 6.42 Å². The van der Waals surface area contributed by atoms with E-state index in [2.05, 4.69) is 15.8 Å². The molecule has 0 bridgehead atoms. The Kier molecular flexibility index (Phi) is 3.18. The number of hydrogen-bond donors (Lipinski definition) is 2. The van der Waals surface area contributed by atoms with Crippen molar-refractivity contribution in [3.63, 3.8) is 0 Å². The Morgan fingerprint density at radius 1 is 1.35 bits per heavy atom. The number of carbonyl (C=O) groups excluding carboxylic acids is 2. The van der Waals surface area contributed by atoms with Crippen molar-refractivity contribution in [2.24, 2.45) is 5.10 Å². The van der Waals surface area contributed by atoms with Gasteiger partial charge in [-0.1, -0.05) is 30.3 Å². The summed E-state index contributed by atoms with van der Waals surface area (Å²) >= 11 is 0. The zero-order valence-electron chi connectivity index (χ0n) is 9.43. The fraction of sp³-hybridized carbons (Fsp3) is 0.250. The van der Waals surface area contributed by atoms with Crippen molar-refractivity contribution in [1.82, 2.24) is 10.7 Å². The molecule has 2 rings (SSSR count). The third kappa shape index (κ3) is 2.69. The van der Waals surface area contributed by atoms with Gasteiger partial charge in [-0.05, 0) is 12.5 Å². The summed E-state index contributed by atoms with van der Waals surface area (Å²) in [5, 5.41) is 6.71. The quantitative estimate of drug-likeness (QED) is 0.816. The van der Waals surface area contributed by atoms with E-state index in [0.717, 1.165) is 5.56 Å². The molecule has 0 aromatic heterocycles. The number of rotatable bonds is 3. The van der Waals surface area contributed by atoms with Crippen LogP contribution in [0.2, 0.25) is 0 Å². The second-order valence-electron chi connectivity index (χ2n) is 3.91. The number of benzene rings is 1. The third-order valence-corrected chi connectivity index (χ3v) is 2.47. The minimum absolute atomic E-state index is 0.0147. The number of hydrogen-bond acceptors (Lipinski definition) is 3. The Bertz CT molecular complexity index is 468. The Balaban J connectivity index is 2.29. The number of amides is 2. The molecular weight excluding hydrogens is 218 g/mol. The van der Waals surface area contributed by atoms with Crippen LogP contribution in [0.5, 0.6) is 0 Å². The largest absolute Gasteiger partial charge is 0.335 e. The molecular formula is C12H13N3O2. The monoisotopic (exact) mass is 231 g/mol. The van der Waals surface area contributed by atoms with Crippen LogP contribution in [0.4, 0.5) is 4.79 Å². The van der Waals surface area contributed by atoms with E-state index in [1.165, 1.54) is 6.92 Å². The Labute approximate surface area is 98.9 Å². The van der Waals surface area contributed by atoms with Gasteiger partial charge < -0.3 is 5.32 Å². The Morgan fingerprint density at radius 2 is 2.06 bits per heavy atom. The van der Waals surface area contributed by atoms with Crippen LogP contribution in [0.1, 0.15) is 18.9 Å². The molecule has 2 N–H and O–H groups in total. The molecule has 5 heteroatoms. The fourth-order valence-corrected chi connectivity index (χ4v) is 1.76. The van der Waals surface area contributed by atoms with Crippen LogP contribution >= 0.6 is 0 Å².